The van der Waals surface area contributed by atoms with Crippen molar-refractivity contribution in [3.05, 3.63) is 73.0 Å². The van der Waals surface area contributed by atoms with Crippen LogP contribution in [-0.2, 0) is 46.4 Å². The van der Waals surface area contributed by atoms with Crippen LogP contribution in [-0.4, -0.2) is 43.6 Å². The van der Waals surface area contributed by atoms with Crippen molar-refractivity contribution in [1.29, 1.82) is 0 Å². The molecule has 0 spiro atoms. The summed E-state index contributed by atoms with van der Waals surface area (Å²) in [6, 6.07) is 4.58. The molecule has 0 aliphatic carbocycles. The van der Waals surface area contributed by atoms with Crippen molar-refractivity contribution in [2.75, 3.05) is 13.1 Å². The number of nitro groups is 1. The molecule has 0 N–H and O–H groups in total. The van der Waals surface area contributed by atoms with Crippen LogP contribution in [0.2, 0.25) is 0 Å². The summed E-state index contributed by atoms with van der Waals surface area (Å²) in [5, 5.41) is 16.8. The van der Waals surface area contributed by atoms with E-state index < -0.39 is 47.4 Å². The third-order valence-electron chi connectivity index (χ3n) is 6.84. The van der Waals surface area contributed by atoms with E-state index in [1.807, 2.05) is 0 Å². The number of rotatable bonds is 5. The molecule has 41 heavy (non-hydrogen) atoms. The highest BCUT2D eigenvalue weighted by Gasteiger charge is 2.42. The Bertz CT molecular complexity index is 1450. The first-order valence-electron chi connectivity index (χ1n) is 12.2. The predicted molar refractivity (Wildman–Crippen MR) is 128 cm³/mol. The van der Waals surface area contributed by atoms with Gasteiger partial charge in [0.25, 0.3) is 5.69 Å². The fourth-order valence-corrected chi connectivity index (χ4v) is 5.73. The number of carbonyl (C=O) groups excluding carboxylic acids is 1. The number of ether oxygens (including phenoxy) is 2. The Kier molecular flexibility index (Phi) is 7.78. The van der Waals surface area contributed by atoms with Crippen molar-refractivity contribution in [3.63, 3.8) is 0 Å². The number of nitrogens with zero attached hydrogens (tertiary/aromatic N) is 5. The SMILES string of the molecule is O=C(Cn1nc(C(F)(F)F)cc1C(F)(F)F)N1CCC(c2nc(C3OCc4cccc([N+](=O)[O-])c4CO3)cs2)CC1. The van der Waals surface area contributed by atoms with Crippen LogP contribution in [0.5, 0.6) is 0 Å². The molecule has 1 unspecified atom stereocenters. The number of alkyl halides is 6. The standard InChI is InChI=1S/C24H21F6N5O5S/c25-23(26,27)18-8-19(24(28,29)30)34(32-18)9-20(36)33-6-4-13(5-7-33)21-31-16(12-41-21)22-39-10-14-2-1-3-17(35(37)38)15(14)11-40-22/h1-3,8,12-13,22H,4-7,9-11H2. The molecule has 0 saturated carbocycles. The van der Waals surface area contributed by atoms with Crippen LogP contribution in [0.1, 0.15) is 58.3 Å². The van der Waals surface area contributed by atoms with E-state index in [-0.39, 0.29) is 48.7 Å². The average Bonchev–Trinajstić information content (AvgIpc) is 3.52. The highest BCUT2D eigenvalue weighted by atomic mass is 32.1. The van der Waals surface area contributed by atoms with Crippen molar-refractivity contribution >= 4 is 22.9 Å². The van der Waals surface area contributed by atoms with Crippen LogP contribution in [0.25, 0.3) is 0 Å². The van der Waals surface area contributed by atoms with Gasteiger partial charge in [0.05, 0.1) is 28.7 Å². The maximum Gasteiger partial charge on any atom is 0.435 e. The lowest BCUT2D eigenvalue weighted by molar-refractivity contribution is -0.386. The molecule has 1 amide bonds. The molecule has 0 bridgehead atoms. The number of piperidine rings is 1. The first-order valence-corrected chi connectivity index (χ1v) is 13.1. The Morgan fingerprint density at radius 1 is 1.10 bits per heavy atom. The van der Waals surface area contributed by atoms with E-state index >= 15 is 0 Å². The monoisotopic (exact) mass is 605 g/mol. The van der Waals surface area contributed by atoms with E-state index in [1.54, 1.807) is 17.5 Å². The number of aromatic nitrogens is 3. The third kappa shape index (κ3) is 6.20. The normalized spacial score (nSPS) is 18.7. The summed E-state index contributed by atoms with van der Waals surface area (Å²) in [6.07, 6.45) is -10.2. The van der Waals surface area contributed by atoms with Gasteiger partial charge in [0.15, 0.2) is 5.69 Å². The largest absolute Gasteiger partial charge is 0.435 e. The molecule has 2 aliphatic rings. The van der Waals surface area contributed by atoms with Crippen molar-refractivity contribution in [2.45, 2.75) is 57.2 Å². The van der Waals surface area contributed by atoms with Crippen molar-refractivity contribution in [1.82, 2.24) is 19.7 Å². The second kappa shape index (κ2) is 11.0. The summed E-state index contributed by atoms with van der Waals surface area (Å²) in [5.41, 5.74) is -1.88. The number of thiazole rings is 1. The minimum absolute atomic E-state index is 0.0404. The molecular weight excluding hydrogens is 584 g/mol. The van der Waals surface area contributed by atoms with Crippen molar-refractivity contribution in [2.24, 2.45) is 0 Å². The first kappa shape index (κ1) is 28.9. The molecule has 1 fully saturated rings. The molecule has 4 heterocycles. The molecule has 1 atom stereocenters. The van der Waals surface area contributed by atoms with E-state index in [0.717, 1.165) is 5.01 Å². The second-order valence-corrected chi connectivity index (χ2v) is 10.3. The molecule has 5 rings (SSSR count). The lowest BCUT2D eigenvalue weighted by atomic mass is 9.97. The topological polar surface area (TPSA) is 113 Å². The maximum absolute atomic E-state index is 13.3. The van der Waals surface area contributed by atoms with Gasteiger partial charge in [-0.1, -0.05) is 12.1 Å². The zero-order chi connectivity index (χ0) is 29.5. The van der Waals surface area contributed by atoms with Gasteiger partial charge >= 0.3 is 12.4 Å². The highest BCUT2D eigenvalue weighted by Crippen LogP contribution is 2.37. The molecule has 1 saturated heterocycles. The van der Waals surface area contributed by atoms with Crippen LogP contribution in [0, 0.1) is 10.1 Å². The van der Waals surface area contributed by atoms with E-state index in [4.69, 9.17) is 9.47 Å². The molecule has 1 aromatic carbocycles. The van der Waals surface area contributed by atoms with Crippen molar-refractivity contribution < 1.29 is 45.5 Å². The molecule has 0 radical (unpaired) electrons. The van der Waals surface area contributed by atoms with Gasteiger partial charge in [-0.15, -0.1) is 11.3 Å². The van der Waals surface area contributed by atoms with Crippen LogP contribution < -0.4 is 0 Å². The molecule has 2 aliphatic heterocycles. The Balaban J connectivity index is 1.20. The van der Waals surface area contributed by atoms with Gasteiger partial charge in [0.1, 0.15) is 17.9 Å². The highest BCUT2D eigenvalue weighted by molar-refractivity contribution is 7.09. The first-order chi connectivity index (χ1) is 19.3. The number of halogens is 6. The Morgan fingerprint density at radius 3 is 2.46 bits per heavy atom. The van der Waals surface area contributed by atoms with E-state index in [0.29, 0.717) is 29.7 Å². The number of hydrogen-bond acceptors (Lipinski definition) is 8. The van der Waals surface area contributed by atoms with E-state index in [2.05, 4.69) is 10.1 Å². The summed E-state index contributed by atoms with van der Waals surface area (Å²) < 4.78 is 90.2. The minimum atomic E-state index is -5.12. The van der Waals surface area contributed by atoms with E-state index in [9.17, 15) is 41.3 Å². The van der Waals surface area contributed by atoms with Gasteiger partial charge < -0.3 is 14.4 Å². The minimum Gasteiger partial charge on any atom is -0.342 e. The van der Waals surface area contributed by atoms with Crippen LogP contribution >= 0.6 is 11.3 Å². The van der Waals surface area contributed by atoms with E-state index in [1.165, 1.54) is 22.3 Å². The lowest BCUT2D eigenvalue weighted by Gasteiger charge is -2.31. The van der Waals surface area contributed by atoms with Gasteiger partial charge in [-0.25, -0.2) is 4.98 Å². The molecule has 17 heteroatoms. The van der Waals surface area contributed by atoms with Gasteiger partial charge in [-0.05, 0) is 18.4 Å². The Hall–Kier alpha value is -3.57. The number of fused-ring (bicyclic) bond motifs is 1. The Labute approximate surface area is 231 Å². The second-order valence-electron chi connectivity index (χ2n) is 9.46. The van der Waals surface area contributed by atoms with Crippen LogP contribution in [0.4, 0.5) is 32.0 Å². The van der Waals surface area contributed by atoms with Crippen LogP contribution in [0.15, 0.2) is 29.6 Å². The molecule has 220 valence electrons. The fourth-order valence-electron chi connectivity index (χ4n) is 4.74. The van der Waals surface area contributed by atoms with Crippen LogP contribution in [0.3, 0.4) is 0 Å². The maximum atomic E-state index is 13.3. The summed E-state index contributed by atoms with van der Waals surface area (Å²) in [4.78, 5) is 29.4. The summed E-state index contributed by atoms with van der Waals surface area (Å²) in [6.45, 7) is -0.591. The summed E-state index contributed by atoms with van der Waals surface area (Å²) in [7, 11) is 0. The zero-order valence-corrected chi connectivity index (χ0v) is 21.8. The summed E-state index contributed by atoms with van der Waals surface area (Å²) >= 11 is 1.34. The number of amides is 1. The molecule has 2 aromatic heterocycles. The Morgan fingerprint density at radius 2 is 1.80 bits per heavy atom. The number of hydrogen-bond donors (Lipinski definition) is 0. The smallest absolute Gasteiger partial charge is 0.342 e. The van der Waals surface area contributed by atoms with Gasteiger partial charge in [-0.3, -0.25) is 19.6 Å². The number of carbonyl (C=O) groups is 1. The van der Waals surface area contributed by atoms with Gasteiger partial charge in [-0.2, -0.15) is 31.4 Å². The zero-order valence-electron chi connectivity index (χ0n) is 20.9. The third-order valence-corrected chi connectivity index (χ3v) is 7.86. The summed E-state index contributed by atoms with van der Waals surface area (Å²) in [5.74, 6) is -0.853. The van der Waals surface area contributed by atoms with Gasteiger partial charge in [0.2, 0.25) is 12.2 Å². The van der Waals surface area contributed by atoms with Crippen molar-refractivity contribution in [3.8, 4) is 0 Å². The molecule has 10 nitrogen and oxygen atoms in total. The average molecular weight is 606 g/mol. The lowest BCUT2D eigenvalue weighted by Crippen LogP contribution is -2.40. The number of benzene rings is 1. The quantitative estimate of drug-likeness (QED) is 0.216. The molecular formula is C24H21F6N5O5S. The fraction of sp³-hybridized carbons (Fsp3) is 0.458. The van der Waals surface area contributed by atoms with Gasteiger partial charge in [0, 0.05) is 36.5 Å². The predicted octanol–water partition coefficient (Wildman–Crippen LogP) is 5.44. The molecule has 3 aromatic rings. The number of nitro benzene ring substituents is 1. The number of likely N-dealkylation sites (tertiary alicyclic amines) is 1.